The summed E-state index contributed by atoms with van der Waals surface area (Å²) in [6, 6.07) is 0. The van der Waals surface area contributed by atoms with Gasteiger partial charge in [0.2, 0.25) is 0 Å². The van der Waals surface area contributed by atoms with Gasteiger partial charge in [0.25, 0.3) is 0 Å². The van der Waals surface area contributed by atoms with Crippen molar-refractivity contribution in [2.24, 2.45) is 0 Å². The van der Waals surface area contributed by atoms with E-state index in [4.69, 9.17) is 18.9 Å². The molecule has 0 rings (SSSR count). The molecule has 108 valence electrons. The van der Waals surface area contributed by atoms with Crippen LogP contribution >= 0.6 is 0 Å². The maximum Gasteiger partial charge on any atom is 0.328 e. The predicted octanol–water partition coefficient (Wildman–Crippen LogP) is 0.207. The van der Waals surface area contributed by atoms with Gasteiger partial charge in [0, 0.05) is 7.11 Å². The monoisotopic (exact) mass is 263 g/mol. The van der Waals surface area contributed by atoms with Crippen LogP contribution in [-0.2, 0) is 23.7 Å². The molecule has 0 aliphatic carbocycles. The van der Waals surface area contributed by atoms with E-state index in [0.29, 0.717) is 33.0 Å². The maximum absolute atomic E-state index is 11.7. The molecule has 0 aromatic heterocycles. The van der Waals surface area contributed by atoms with Gasteiger partial charge in [-0.2, -0.15) is 0 Å². The van der Waals surface area contributed by atoms with Gasteiger partial charge in [-0.3, -0.25) is 0 Å². The lowest BCUT2D eigenvalue weighted by molar-refractivity contribution is -0.153. The fraction of sp³-hybridized carbons (Fsp3) is 0.917. The number of carbonyl (C=O) groups is 1. The summed E-state index contributed by atoms with van der Waals surface area (Å²) in [5.41, 5.74) is -0.817. The van der Waals surface area contributed by atoms with Crippen LogP contribution in [-0.4, -0.2) is 65.3 Å². The number of carbonyl (C=O) groups excluding carboxylic acids is 1. The molecule has 18 heavy (non-hydrogen) atoms. The minimum atomic E-state index is -0.817. The number of hydrogen-bond donors (Lipinski definition) is 1. The molecule has 0 aliphatic rings. The van der Waals surface area contributed by atoms with Crippen molar-refractivity contribution in [2.45, 2.75) is 19.4 Å². The van der Waals surface area contributed by atoms with Crippen LogP contribution in [0.3, 0.4) is 0 Å². The van der Waals surface area contributed by atoms with E-state index in [-0.39, 0.29) is 12.6 Å². The Kier molecular flexibility index (Phi) is 9.86. The van der Waals surface area contributed by atoms with Gasteiger partial charge >= 0.3 is 5.97 Å². The second-order valence-electron chi connectivity index (χ2n) is 3.96. The summed E-state index contributed by atoms with van der Waals surface area (Å²) in [6.45, 7) is 6.14. The Balaban J connectivity index is 3.76. The molecular formula is C12H25NO5. The molecule has 1 N–H and O–H groups in total. The lowest BCUT2D eigenvalue weighted by atomic mass is 10.1. The van der Waals surface area contributed by atoms with E-state index >= 15 is 0 Å². The van der Waals surface area contributed by atoms with Crippen LogP contribution in [0.2, 0.25) is 0 Å². The smallest absolute Gasteiger partial charge is 0.328 e. The van der Waals surface area contributed by atoms with Gasteiger partial charge in [0.1, 0.15) is 5.54 Å². The number of methoxy groups -OCH3 is 1. The Labute approximate surface area is 109 Å². The molecule has 0 amide bonds. The molecule has 6 nitrogen and oxygen atoms in total. The van der Waals surface area contributed by atoms with Crippen LogP contribution in [0.1, 0.15) is 13.8 Å². The Bertz CT molecular complexity index is 225. The fourth-order valence-corrected chi connectivity index (χ4v) is 1.16. The average Bonchev–Trinajstić information content (AvgIpc) is 2.37. The van der Waals surface area contributed by atoms with E-state index < -0.39 is 5.54 Å². The van der Waals surface area contributed by atoms with Crippen LogP contribution in [0.5, 0.6) is 0 Å². The van der Waals surface area contributed by atoms with Crippen molar-refractivity contribution in [1.82, 2.24) is 5.32 Å². The molecule has 0 radical (unpaired) electrons. The first-order valence-corrected chi connectivity index (χ1v) is 6.11. The number of hydrogen-bond acceptors (Lipinski definition) is 6. The SMILES string of the molecule is CCOC(=O)C(C)(COCCOCCOC)NC. The topological polar surface area (TPSA) is 66.0 Å². The lowest BCUT2D eigenvalue weighted by Crippen LogP contribution is -2.52. The Morgan fingerprint density at radius 1 is 1.17 bits per heavy atom. The van der Waals surface area contributed by atoms with Crippen molar-refractivity contribution in [3.63, 3.8) is 0 Å². The summed E-state index contributed by atoms with van der Waals surface area (Å²) in [5, 5.41) is 2.91. The zero-order chi connectivity index (χ0) is 13.9. The zero-order valence-corrected chi connectivity index (χ0v) is 11.8. The molecule has 0 aliphatic heterocycles. The van der Waals surface area contributed by atoms with E-state index in [0.717, 1.165) is 0 Å². The van der Waals surface area contributed by atoms with Gasteiger partial charge in [0.15, 0.2) is 0 Å². The van der Waals surface area contributed by atoms with E-state index in [9.17, 15) is 4.79 Å². The number of likely N-dealkylation sites (N-methyl/N-ethyl adjacent to an activating group) is 1. The molecular weight excluding hydrogens is 238 g/mol. The molecule has 0 aromatic rings. The molecule has 6 heteroatoms. The second kappa shape index (κ2) is 10.3. The Morgan fingerprint density at radius 2 is 1.78 bits per heavy atom. The molecule has 0 heterocycles. The van der Waals surface area contributed by atoms with Gasteiger partial charge in [-0.1, -0.05) is 0 Å². The van der Waals surface area contributed by atoms with E-state index in [1.807, 2.05) is 0 Å². The van der Waals surface area contributed by atoms with Crippen molar-refractivity contribution in [3.8, 4) is 0 Å². The van der Waals surface area contributed by atoms with Crippen molar-refractivity contribution < 1.29 is 23.7 Å². The third-order valence-electron chi connectivity index (χ3n) is 2.47. The molecule has 0 spiro atoms. The quantitative estimate of drug-likeness (QED) is 0.424. The van der Waals surface area contributed by atoms with Gasteiger partial charge in [-0.25, -0.2) is 4.79 Å². The highest BCUT2D eigenvalue weighted by atomic mass is 16.6. The first-order chi connectivity index (χ1) is 8.60. The fourth-order valence-electron chi connectivity index (χ4n) is 1.16. The third kappa shape index (κ3) is 6.90. The third-order valence-corrected chi connectivity index (χ3v) is 2.47. The standard InChI is InChI=1S/C12H25NO5/c1-5-18-11(14)12(2,13-3)10-17-9-8-16-7-6-15-4/h13H,5-10H2,1-4H3. The van der Waals surface area contributed by atoms with Crippen molar-refractivity contribution in [2.75, 3.05) is 53.8 Å². The Morgan fingerprint density at radius 3 is 2.33 bits per heavy atom. The molecule has 0 fully saturated rings. The zero-order valence-electron chi connectivity index (χ0n) is 11.8. The van der Waals surface area contributed by atoms with Gasteiger partial charge in [0.05, 0.1) is 39.6 Å². The summed E-state index contributed by atoms with van der Waals surface area (Å²) in [6.07, 6.45) is 0. The predicted molar refractivity (Wildman–Crippen MR) is 67.6 cm³/mol. The molecule has 0 saturated heterocycles. The van der Waals surface area contributed by atoms with Crippen molar-refractivity contribution >= 4 is 5.97 Å². The van der Waals surface area contributed by atoms with Crippen LogP contribution < -0.4 is 5.32 Å². The molecule has 0 aromatic carbocycles. The van der Waals surface area contributed by atoms with Crippen molar-refractivity contribution in [3.05, 3.63) is 0 Å². The van der Waals surface area contributed by atoms with Crippen LogP contribution in [0.15, 0.2) is 0 Å². The van der Waals surface area contributed by atoms with E-state index in [1.165, 1.54) is 0 Å². The minimum absolute atomic E-state index is 0.246. The summed E-state index contributed by atoms with van der Waals surface area (Å²) in [5.74, 6) is -0.312. The lowest BCUT2D eigenvalue weighted by Gasteiger charge is -2.26. The summed E-state index contributed by atoms with van der Waals surface area (Å²) in [4.78, 5) is 11.7. The van der Waals surface area contributed by atoms with Crippen LogP contribution in [0.4, 0.5) is 0 Å². The van der Waals surface area contributed by atoms with Gasteiger partial charge in [-0.15, -0.1) is 0 Å². The molecule has 1 atom stereocenters. The molecule has 0 bridgehead atoms. The summed E-state index contributed by atoms with van der Waals surface area (Å²) in [7, 11) is 3.33. The van der Waals surface area contributed by atoms with Gasteiger partial charge < -0.3 is 24.3 Å². The number of esters is 1. The minimum Gasteiger partial charge on any atom is -0.465 e. The van der Waals surface area contributed by atoms with Crippen LogP contribution in [0, 0.1) is 0 Å². The second-order valence-corrected chi connectivity index (χ2v) is 3.96. The highest BCUT2D eigenvalue weighted by Crippen LogP contribution is 2.06. The Hall–Kier alpha value is -0.690. The highest BCUT2D eigenvalue weighted by Gasteiger charge is 2.33. The van der Waals surface area contributed by atoms with Crippen molar-refractivity contribution in [1.29, 1.82) is 0 Å². The van der Waals surface area contributed by atoms with Crippen LogP contribution in [0.25, 0.3) is 0 Å². The van der Waals surface area contributed by atoms with Gasteiger partial charge in [-0.05, 0) is 20.9 Å². The maximum atomic E-state index is 11.7. The summed E-state index contributed by atoms with van der Waals surface area (Å²) < 4.78 is 20.5. The first kappa shape index (κ1) is 17.3. The number of nitrogens with one attached hydrogen (secondary N) is 1. The molecule has 0 saturated carbocycles. The van der Waals surface area contributed by atoms with E-state index in [2.05, 4.69) is 5.32 Å². The number of rotatable bonds is 11. The normalized spacial score (nSPS) is 14.2. The average molecular weight is 263 g/mol. The largest absolute Gasteiger partial charge is 0.465 e. The first-order valence-electron chi connectivity index (χ1n) is 6.11. The van der Waals surface area contributed by atoms with E-state index in [1.54, 1.807) is 28.0 Å². The molecule has 1 unspecified atom stereocenters. The summed E-state index contributed by atoms with van der Waals surface area (Å²) >= 11 is 0. The number of ether oxygens (including phenoxy) is 4. The highest BCUT2D eigenvalue weighted by molar-refractivity contribution is 5.80.